The summed E-state index contributed by atoms with van der Waals surface area (Å²) in [7, 11) is 0. The molecule has 0 unspecified atom stereocenters. The zero-order chi connectivity index (χ0) is 19.8. The number of amides is 1. The van der Waals surface area contributed by atoms with Crippen molar-refractivity contribution in [3.63, 3.8) is 0 Å². The van der Waals surface area contributed by atoms with Gasteiger partial charge in [-0.05, 0) is 44.0 Å². The van der Waals surface area contributed by atoms with E-state index in [-0.39, 0.29) is 5.91 Å². The van der Waals surface area contributed by atoms with Crippen molar-refractivity contribution < 1.29 is 9.53 Å². The summed E-state index contributed by atoms with van der Waals surface area (Å²) >= 11 is 0. The SMILES string of the molecule is CC(=O)NCCCCCc1nc2ccccc2n1CCOc1ccc(C)cc1. The maximum Gasteiger partial charge on any atom is 0.216 e. The van der Waals surface area contributed by atoms with Crippen LogP contribution in [-0.4, -0.2) is 28.6 Å². The van der Waals surface area contributed by atoms with Crippen molar-refractivity contribution in [1.82, 2.24) is 14.9 Å². The molecule has 1 amide bonds. The second-order valence-corrected chi connectivity index (χ2v) is 7.12. The molecule has 0 aliphatic rings. The molecule has 0 saturated carbocycles. The fourth-order valence-electron chi connectivity index (χ4n) is 3.30. The molecule has 0 atom stereocenters. The van der Waals surface area contributed by atoms with Gasteiger partial charge in [0.05, 0.1) is 17.6 Å². The monoisotopic (exact) mass is 379 g/mol. The summed E-state index contributed by atoms with van der Waals surface area (Å²) in [4.78, 5) is 15.8. The Morgan fingerprint density at radius 3 is 2.64 bits per heavy atom. The van der Waals surface area contributed by atoms with Crippen LogP contribution in [0.5, 0.6) is 5.75 Å². The number of benzene rings is 2. The van der Waals surface area contributed by atoms with Crippen molar-refractivity contribution in [3.05, 3.63) is 59.9 Å². The number of unbranched alkanes of at least 4 members (excludes halogenated alkanes) is 2. The summed E-state index contributed by atoms with van der Waals surface area (Å²) in [6.07, 6.45) is 4.06. The molecule has 1 N–H and O–H groups in total. The number of hydrogen-bond donors (Lipinski definition) is 1. The Hall–Kier alpha value is -2.82. The van der Waals surface area contributed by atoms with E-state index in [0.717, 1.165) is 61.4 Å². The fourth-order valence-corrected chi connectivity index (χ4v) is 3.30. The molecule has 28 heavy (non-hydrogen) atoms. The molecule has 1 aromatic heterocycles. The van der Waals surface area contributed by atoms with Gasteiger partial charge in [-0.2, -0.15) is 0 Å². The number of nitrogens with one attached hydrogen (secondary N) is 1. The van der Waals surface area contributed by atoms with E-state index in [2.05, 4.69) is 47.1 Å². The first-order valence-electron chi connectivity index (χ1n) is 10.0. The molecule has 0 spiro atoms. The fraction of sp³-hybridized carbons (Fsp3) is 0.391. The minimum Gasteiger partial charge on any atom is -0.492 e. The van der Waals surface area contributed by atoms with Crippen LogP contribution in [0, 0.1) is 6.92 Å². The first kappa shape index (κ1) is 19.9. The molecule has 5 nitrogen and oxygen atoms in total. The Bertz CT molecular complexity index is 900. The van der Waals surface area contributed by atoms with E-state index in [0.29, 0.717) is 6.61 Å². The van der Waals surface area contributed by atoms with E-state index in [4.69, 9.17) is 9.72 Å². The minimum absolute atomic E-state index is 0.0374. The number of para-hydroxylation sites is 2. The molecule has 0 aliphatic heterocycles. The Balaban J connectivity index is 1.58. The number of aryl methyl sites for hydroxylation is 2. The van der Waals surface area contributed by atoms with Gasteiger partial charge in [-0.1, -0.05) is 36.2 Å². The van der Waals surface area contributed by atoms with Gasteiger partial charge >= 0.3 is 0 Å². The van der Waals surface area contributed by atoms with Crippen molar-refractivity contribution in [3.8, 4) is 5.75 Å². The summed E-state index contributed by atoms with van der Waals surface area (Å²) in [6, 6.07) is 16.4. The zero-order valence-electron chi connectivity index (χ0n) is 16.8. The molecule has 1 heterocycles. The maximum absolute atomic E-state index is 10.9. The van der Waals surface area contributed by atoms with Crippen molar-refractivity contribution >= 4 is 16.9 Å². The highest BCUT2D eigenvalue weighted by Crippen LogP contribution is 2.18. The topological polar surface area (TPSA) is 56.2 Å². The number of aromatic nitrogens is 2. The van der Waals surface area contributed by atoms with Crippen LogP contribution in [0.1, 0.15) is 37.6 Å². The standard InChI is InChI=1S/C23H29N3O2/c1-18-11-13-20(14-12-18)28-17-16-26-22-9-6-5-8-21(22)25-23(26)10-4-3-7-15-24-19(2)27/h5-6,8-9,11-14H,3-4,7,10,15-17H2,1-2H3,(H,24,27). The van der Waals surface area contributed by atoms with E-state index < -0.39 is 0 Å². The van der Waals surface area contributed by atoms with Crippen LogP contribution in [0.3, 0.4) is 0 Å². The predicted octanol–water partition coefficient (Wildman–Crippen LogP) is 4.27. The molecule has 148 valence electrons. The van der Waals surface area contributed by atoms with Gasteiger partial charge < -0.3 is 14.6 Å². The second kappa shape index (κ2) is 9.93. The number of fused-ring (bicyclic) bond motifs is 1. The van der Waals surface area contributed by atoms with Crippen molar-refractivity contribution in [2.45, 2.75) is 46.1 Å². The molecule has 0 radical (unpaired) electrons. The Kier molecular flexibility index (Phi) is 7.06. The van der Waals surface area contributed by atoms with Gasteiger partial charge in [0, 0.05) is 19.9 Å². The molecule has 0 saturated heterocycles. The number of ether oxygens (including phenoxy) is 1. The number of carbonyl (C=O) groups is 1. The number of nitrogens with zero attached hydrogens (tertiary/aromatic N) is 2. The summed E-state index contributed by atoms with van der Waals surface area (Å²) in [6.45, 7) is 5.76. The van der Waals surface area contributed by atoms with Gasteiger partial charge in [0.1, 0.15) is 18.2 Å². The van der Waals surface area contributed by atoms with Gasteiger partial charge in [-0.25, -0.2) is 4.98 Å². The summed E-state index contributed by atoms with van der Waals surface area (Å²) in [5, 5.41) is 2.85. The van der Waals surface area contributed by atoms with Gasteiger partial charge in [0.2, 0.25) is 5.91 Å². The lowest BCUT2D eigenvalue weighted by Gasteiger charge is -2.11. The largest absolute Gasteiger partial charge is 0.492 e. The van der Waals surface area contributed by atoms with Gasteiger partial charge in [-0.15, -0.1) is 0 Å². The second-order valence-electron chi connectivity index (χ2n) is 7.12. The normalized spacial score (nSPS) is 10.9. The predicted molar refractivity (Wildman–Crippen MR) is 113 cm³/mol. The average Bonchev–Trinajstić information content (AvgIpc) is 3.03. The Morgan fingerprint density at radius 1 is 1.07 bits per heavy atom. The van der Waals surface area contributed by atoms with E-state index >= 15 is 0 Å². The van der Waals surface area contributed by atoms with Crippen LogP contribution >= 0.6 is 0 Å². The van der Waals surface area contributed by atoms with Gasteiger partial charge in [-0.3, -0.25) is 4.79 Å². The molecule has 5 heteroatoms. The van der Waals surface area contributed by atoms with E-state index in [1.807, 2.05) is 18.2 Å². The molecular formula is C23H29N3O2. The maximum atomic E-state index is 10.9. The molecular weight excluding hydrogens is 350 g/mol. The molecule has 0 fully saturated rings. The molecule has 0 bridgehead atoms. The van der Waals surface area contributed by atoms with Crippen LogP contribution in [0.4, 0.5) is 0 Å². The first-order chi connectivity index (χ1) is 13.6. The van der Waals surface area contributed by atoms with Gasteiger partial charge in [0.25, 0.3) is 0 Å². The Labute approximate surface area is 166 Å². The molecule has 3 aromatic rings. The average molecular weight is 380 g/mol. The van der Waals surface area contributed by atoms with Crippen molar-refractivity contribution in [2.24, 2.45) is 0 Å². The van der Waals surface area contributed by atoms with Crippen LogP contribution in [0.2, 0.25) is 0 Å². The number of carbonyl (C=O) groups excluding carboxylic acids is 1. The van der Waals surface area contributed by atoms with Gasteiger partial charge in [0.15, 0.2) is 0 Å². The smallest absolute Gasteiger partial charge is 0.216 e. The number of hydrogen-bond acceptors (Lipinski definition) is 3. The Morgan fingerprint density at radius 2 is 1.86 bits per heavy atom. The third kappa shape index (κ3) is 5.59. The molecule has 3 rings (SSSR count). The van der Waals surface area contributed by atoms with Crippen LogP contribution in [0.25, 0.3) is 11.0 Å². The number of imidazole rings is 1. The van der Waals surface area contributed by atoms with E-state index in [1.165, 1.54) is 5.56 Å². The van der Waals surface area contributed by atoms with Crippen LogP contribution in [-0.2, 0) is 17.8 Å². The lowest BCUT2D eigenvalue weighted by molar-refractivity contribution is -0.118. The van der Waals surface area contributed by atoms with Crippen molar-refractivity contribution in [2.75, 3.05) is 13.2 Å². The quantitative estimate of drug-likeness (QED) is 0.535. The lowest BCUT2D eigenvalue weighted by atomic mass is 10.2. The van der Waals surface area contributed by atoms with Crippen molar-refractivity contribution in [1.29, 1.82) is 0 Å². The summed E-state index contributed by atoms with van der Waals surface area (Å²) < 4.78 is 8.20. The third-order valence-electron chi connectivity index (χ3n) is 4.79. The summed E-state index contributed by atoms with van der Waals surface area (Å²) in [5.74, 6) is 2.04. The zero-order valence-corrected chi connectivity index (χ0v) is 16.8. The highest BCUT2D eigenvalue weighted by molar-refractivity contribution is 5.75. The molecule has 0 aliphatic carbocycles. The van der Waals surface area contributed by atoms with E-state index in [9.17, 15) is 4.79 Å². The lowest BCUT2D eigenvalue weighted by Crippen LogP contribution is -2.20. The first-order valence-corrected chi connectivity index (χ1v) is 10.0. The summed E-state index contributed by atoms with van der Waals surface area (Å²) in [5.41, 5.74) is 3.42. The van der Waals surface area contributed by atoms with E-state index in [1.54, 1.807) is 6.92 Å². The van der Waals surface area contributed by atoms with Crippen LogP contribution in [0.15, 0.2) is 48.5 Å². The molecule has 2 aromatic carbocycles. The van der Waals surface area contributed by atoms with Crippen LogP contribution < -0.4 is 10.1 Å². The highest BCUT2D eigenvalue weighted by Gasteiger charge is 2.10. The number of rotatable bonds is 10. The third-order valence-corrected chi connectivity index (χ3v) is 4.79. The highest BCUT2D eigenvalue weighted by atomic mass is 16.5. The minimum atomic E-state index is 0.0374.